The Morgan fingerprint density at radius 2 is 2.37 bits per heavy atom. The number of benzene rings is 1. The van der Waals surface area contributed by atoms with Crippen LogP contribution >= 0.6 is 0 Å². The van der Waals surface area contributed by atoms with Crippen molar-refractivity contribution >= 4 is 5.91 Å². The van der Waals surface area contributed by atoms with Gasteiger partial charge in [-0.3, -0.25) is 4.79 Å². The van der Waals surface area contributed by atoms with Crippen LogP contribution in [0.15, 0.2) is 36.7 Å². The third-order valence-electron chi connectivity index (χ3n) is 2.78. The molecule has 0 atom stereocenters. The molecule has 0 saturated heterocycles. The molecule has 1 aromatic heterocycles. The van der Waals surface area contributed by atoms with Gasteiger partial charge in [0.15, 0.2) is 0 Å². The number of imidazole rings is 1. The third kappa shape index (κ3) is 4.13. The van der Waals surface area contributed by atoms with Gasteiger partial charge in [-0.1, -0.05) is 12.1 Å². The topological polar surface area (TPSA) is 67.0 Å². The highest BCUT2D eigenvalue weighted by atomic mass is 16.5. The van der Waals surface area contributed by atoms with E-state index in [1.54, 1.807) is 19.5 Å². The number of ether oxygens (including phenoxy) is 1. The van der Waals surface area contributed by atoms with Crippen LogP contribution in [0.2, 0.25) is 0 Å². The van der Waals surface area contributed by atoms with Gasteiger partial charge in [0.25, 0.3) is 0 Å². The lowest BCUT2D eigenvalue weighted by Crippen LogP contribution is -2.23. The second-order valence-corrected chi connectivity index (χ2v) is 4.16. The van der Waals surface area contributed by atoms with Crippen molar-refractivity contribution in [3.63, 3.8) is 0 Å². The number of hydrogen-bond acceptors (Lipinski definition) is 3. The summed E-state index contributed by atoms with van der Waals surface area (Å²) in [6.45, 7) is 0.434. The Bertz CT molecular complexity index is 523. The predicted molar refractivity (Wildman–Crippen MR) is 71.7 cm³/mol. The standard InChI is InChI=1S/C14H17N3O2/c1-19-12-4-2-3-11(9-12)5-6-14(18)17-10-13-15-7-8-16-13/h2-4,7-9H,5-6,10H2,1H3,(H,15,16)(H,17,18). The summed E-state index contributed by atoms with van der Waals surface area (Å²) in [5.74, 6) is 1.59. The number of aromatic amines is 1. The molecular formula is C14H17N3O2. The normalized spacial score (nSPS) is 10.2. The first kappa shape index (κ1) is 13.1. The number of nitrogens with zero attached hydrogens (tertiary/aromatic N) is 1. The Morgan fingerprint density at radius 1 is 1.47 bits per heavy atom. The molecule has 0 aliphatic carbocycles. The molecule has 2 rings (SSSR count). The summed E-state index contributed by atoms with van der Waals surface area (Å²) in [7, 11) is 1.63. The second kappa shape index (κ2) is 6.58. The zero-order valence-corrected chi connectivity index (χ0v) is 10.8. The first-order valence-corrected chi connectivity index (χ1v) is 6.16. The lowest BCUT2D eigenvalue weighted by atomic mass is 10.1. The molecule has 0 spiro atoms. The molecule has 19 heavy (non-hydrogen) atoms. The van der Waals surface area contributed by atoms with E-state index in [2.05, 4.69) is 15.3 Å². The number of carbonyl (C=O) groups excluding carboxylic acids is 1. The van der Waals surface area contributed by atoms with Crippen molar-refractivity contribution in [1.82, 2.24) is 15.3 Å². The number of rotatable bonds is 6. The number of amides is 1. The van der Waals surface area contributed by atoms with Crippen LogP contribution in [-0.4, -0.2) is 23.0 Å². The monoisotopic (exact) mass is 259 g/mol. The van der Waals surface area contributed by atoms with E-state index in [1.807, 2.05) is 24.3 Å². The Balaban J connectivity index is 1.76. The molecule has 0 aliphatic heterocycles. The highest BCUT2D eigenvalue weighted by Gasteiger charge is 2.04. The molecular weight excluding hydrogens is 242 g/mol. The van der Waals surface area contributed by atoms with Gasteiger partial charge in [0, 0.05) is 18.8 Å². The molecule has 0 radical (unpaired) electrons. The number of hydrogen-bond donors (Lipinski definition) is 2. The summed E-state index contributed by atoms with van der Waals surface area (Å²) in [6.07, 6.45) is 4.55. The van der Waals surface area contributed by atoms with Crippen molar-refractivity contribution in [2.75, 3.05) is 7.11 Å². The third-order valence-corrected chi connectivity index (χ3v) is 2.78. The minimum Gasteiger partial charge on any atom is -0.497 e. The van der Waals surface area contributed by atoms with Crippen LogP contribution in [-0.2, 0) is 17.8 Å². The molecule has 100 valence electrons. The van der Waals surface area contributed by atoms with Crippen LogP contribution in [0.3, 0.4) is 0 Å². The molecule has 5 heteroatoms. The minimum absolute atomic E-state index is 0.0132. The van der Waals surface area contributed by atoms with E-state index in [4.69, 9.17) is 4.74 Å². The largest absolute Gasteiger partial charge is 0.497 e. The van der Waals surface area contributed by atoms with Crippen molar-refractivity contribution in [2.24, 2.45) is 0 Å². The molecule has 0 bridgehead atoms. The van der Waals surface area contributed by atoms with Gasteiger partial charge >= 0.3 is 0 Å². The molecule has 0 fully saturated rings. The van der Waals surface area contributed by atoms with E-state index in [0.717, 1.165) is 17.1 Å². The van der Waals surface area contributed by atoms with Crippen molar-refractivity contribution < 1.29 is 9.53 Å². The predicted octanol–water partition coefficient (Wildman–Crippen LogP) is 1.67. The zero-order valence-electron chi connectivity index (χ0n) is 10.8. The summed E-state index contributed by atoms with van der Waals surface area (Å²) in [5.41, 5.74) is 1.09. The Morgan fingerprint density at radius 3 is 3.11 bits per heavy atom. The number of nitrogens with one attached hydrogen (secondary N) is 2. The van der Waals surface area contributed by atoms with Gasteiger partial charge in [-0.15, -0.1) is 0 Å². The van der Waals surface area contributed by atoms with Gasteiger partial charge < -0.3 is 15.0 Å². The average Bonchev–Trinajstić information content (AvgIpc) is 2.96. The maximum Gasteiger partial charge on any atom is 0.220 e. The summed E-state index contributed by atoms with van der Waals surface area (Å²) in [6, 6.07) is 7.75. The van der Waals surface area contributed by atoms with Crippen LogP contribution < -0.4 is 10.1 Å². The molecule has 0 saturated carbocycles. The van der Waals surface area contributed by atoms with E-state index in [0.29, 0.717) is 19.4 Å². The molecule has 1 amide bonds. The molecule has 2 N–H and O–H groups in total. The van der Waals surface area contributed by atoms with Crippen molar-refractivity contribution in [2.45, 2.75) is 19.4 Å². The van der Waals surface area contributed by atoms with Gasteiger partial charge in [-0.05, 0) is 24.1 Å². The number of methoxy groups -OCH3 is 1. The van der Waals surface area contributed by atoms with Crippen LogP contribution in [0.1, 0.15) is 17.8 Å². The van der Waals surface area contributed by atoms with Gasteiger partial charge in [-0.2, -0.15) is 0 Å². The van der Waals surface area contributed by atoms with Crippen LogP contribution in [0.5, 0.6) is 5.75 Å². The summed E-state index contributed by atoms with van der Waals surface area (Å²) in [4.78, 5) is 18.7. The second-order valence-electron chi connectivity index (χ2n) is 4.16. The molecule has 1 heterocycles. The number of H-pyrrole nitrogens is 1. The molecule has 0 aliphatic rings. The highest BCUT2D eigenvalue weighted by Crippen LogP contribution is 2.13. The van der Waals surface area contributed by atoms with Gasteiger partial charge in [0.2, 0.25) is 5.91 Å². The summed E-state index contributed by atoms with van der Waals surface area (Å²) >= 11 is 0. The van der Waals surface area contributed by atoms with E-state index in [9.17, 15) is 4.79 Å². The van der Waals surface area contributed by atoms with E-state index >= 15 is 0 Å². The van der Waals surface area contributed by atoms with Crippen LogP contribution in [0, 0.1) is 0 Å². The lowest BCUT2D eigenvalue weighted by molar-refractivity contribution is -0.121. The molecule has 5 nitrogen and oxygen atoms in total. The first-order valence-electron chi connectivity index (χ1n) is 6.16. The minimum atomic E-state index is 0.0132. The van der Waals surface area contributed by atoms with Crippen molar-refractivity contribution in [3.05, 3.63) is 48.0 Å². The number of aryl methyl sites for hydroxylation is 1. The van der Waals surface area contributed by atoms with Crippen LogP contribution in [0.4, 0.5) is 0 Å². The van der Waals surface area contributed by atoms with Gasteiger partial charge in [-0.25, -0.2) is 4.98 Å². The van der Waals surface area contributed by atoms with Crippen LogP contribution in [0.25, 0.3) is 0 Å². The van der Waals surface area contributed by atoms with E-state index < -0.39 is 0 Å². The quantitative estimate of drug-likeness (QED) is 0.829. The average molecular weight is 259 g/mol. The Kier molecular flexibility index (Phi) is 4.55. The molecule has 0 unspecified atom stereocenters. The Labute approximate surface area is 112 Å². The lowest BCUT2D eigenvalue weighted by Gasteiger charge is -2.05. The number of carbonyl (C=O) groups is 1. The maximum absolute atomic E-state index is 11.7. The fraction of sp³-hybridized carbons (Fsp3) is 0.286. The zero-order chi connectivity index (χ0) is 13.5. The molecule has 1 aromatic carbocycles. The maximum atomic E-state index is 11.7. The first-order chi connectivity index (χ1) is 9.28. The van der Waals surface area contributed by atoms with Gasteiger partial charge in [0.1, 0.15) is 11.6 Å². The number of aromatic nitrogens is 2. The summed E-state index contributed by atoms with van der Waals surface area (Å²) in [5, 5.41) is 2.82. The van der Waals surface area contributed by atoms with Crippen molar-refractivity contribution in [3.8, 4) is 5.75 Å². The highest BCUT2D eigenvalue weighted by molar-refractivity contribution is 5.76. The fourth-order valence-corrected chi connectivity index (χ4v) is 1.75. The van der Waals surface area contributed by atoms with E-state index in [-0.39, 0.29) is 5.91 Å². The van der Waals surface area contributed by atoms with Gasteiger partial charge in [0.05, 0.1) is 13.7 Å². The smallest absolute Gasteiger partial charge is 0.220 e. The molecule has 2 aromatic rings. The van der Waals surface area contributed by atoms with Crippen molar-refractivity contribution in [1.29, 1.82) is 0 Å². The summed E-state index contributed by atoms with van der Waals surface area (Å²) < 4.78 is 5.15. The Hall–Kier alpha value is -2.30. The fourth-order valence-electron chi connectivity index (χ4n) is 1.75. The SMILES string of the molecule is COc1cccc(CCC(=O)NCc2ncc[nH]2)c1. The van der Waals surface area contributed by atoms with E-state index in [1.165, 1.54) is 0 Å².